The van der Waals surface area contributed by atoms with Crippen molar-refractivity contribution in [2.75, 3.05) is 26.1 Å². The third-order valence-corrected chi connectivity index (χ3v) is 3.79. The van der Waals surface area contributed by atoms with Crippen molar-refractivity contribution >= 4 is 11.7 Å². The molecule has 1 aromatic carbocycles. The van der Waals surface area contributed by atoms with Gasteiger partial charge < -0.3 is 15.0 Å². The van der Waals surface area contributed by atoms with Gasteiger partial charge in [-0.2, -0.15) is 0 Å². The fourth-order valence-corrected chi connectivity index (χ4v) is 2.30. The van der Waals surface area contributed by atoms with E-state index in [4.69, 9.17) is 4.74 Å². The Morgan fingerprint density at radius 1 is 1.19 bits per heavy atom. The number of hydrogen-bond donors (Lipinski definition) is 1. The molecule has 1 N–H and O–H groups in total. The van der Waals surface area contributed by atoms with E-state index in [1.807, 2.05) is 49.3 Å². The van der Waals surface area contributed by atoms with Crippen LogP contribution in [0.1, 0.15) is 16.1 Å². The molecule has 3 aromatic rings. The molecular weight excluding hydrogens is 332 g/mol. The summed E-state index contributed by atoms with van der Waals surface area (Å²) >= 11 is 0. The highest BCUT2D eigenvalue weighted by Gasteiger charge is 2.11. The first-order valence-corrected chi connectivity index (χ1v) is 8.01. The summed E-state index contributed by atoms with van der Waals surface area (Å²) < 4.78 is 6.81. The average Bonchev–Trinajstić information content (AvgIpc) is 3.17. The fourth-order valence-electron chi connectivity index (χ4n) is 2.30. The van der Waals surface area contributed by atoms with Crippen LogP contribution in [0.3, 0.4) is 0 Å². The Hall–Kier alpha value is -3.42. The quantitative estimate of drug-likeness (QED) is 0.726. The number of imidazole rings is 1. The van der Waals surface area contributed by atoms with Crippen molar-refractivity contribution in [3.8, 4) is 11.6 Å². The molecule has 0 aliphatic rings. The van der Waals surface area contributed by atoms with Crippen LogP contribution < -0.4 is 15.0 Å². The maximum Gasteiger partial charge on any atom is 0.271 e. The molecule has 0 aliphatic carbocycles. The molecule has 0 unspecified atom stereocenters. The van der Waals surface area contributed by atoms with Crippen LogP contribution in [0.5, 0.6) is 5.75 Å². The van der Waals surface area contributed by atoms with Crippen molar-refractivity contribution in [1.29, 1.82) is 0 Å². The second kappa shape index (κ2) is 7.64. The highest BCUT2D eigenvalue weighted by Crippen LogP contribution is 2.13. The zero-order valence-electron chi connectivity index (χ0n) is 14.9. The van der Waals surface area contributed by atoms with Gasteiger partial charge in [-0.3, -0.25) is 9.36 Å². The van der Waals surface area contributed by atoms with E-state index in [9.17, 15) is 4.79 Å². The number of rotatable bonds is 6. The number of aromatic nitrogens is 4. The lowest BCUT2D eigenvalue weighted by Gasteiger charge is -2.11. The van der Waals surface area contributed by atoms with E-state index in [-0.39, 0.29) is 5.91 Å². The van der Waals surface area contributed by atoms with E-state index < -0.39 is 0 Å². The van der Waals surface area contributed by atoms with E-state index in [1.54, 1.807) is 24.2 Å². The number of amides is 1. The lowest BCUT2D eigenvalue weighted by atomic mass is 10.2. The van der Waals surface area contributed by atoms with Crippen molar-refractivity contribution in [3.63, 3.8) is 0 Å². The molecule has 0 saturated heterocycles. The SMILES string of the molecule is COc1ccc(CNC(=O)c2cn(-c3cc(N(C)C)ncn3)cn2)cc1. The molecule has 2 aromatic heterocycles. The molecule has 8 nitrogen and oxygen atoms in total. The summed E-state index contributed by atoms with van der Waals surface area (Å²) in [5, 5.41) is 2.85. The highest BCUT2D eigenvalue weighted by molar-refractivity contribution is 5.92. The largest absolute Gasteiger partial charge is 0.497 e. The van der Waals surface area contributed by atoms with Crippen molar-refractivity contribution in [2.24, 2.45) is 0 Å². The van der Waals surface area contributed by atoms with Crippen molar-refractivity contribution in [3.05, 3.63) is 60.4 Å². The minimum atomic E-state index is -0.249. The smallest absolute Gasteiger partial charge is 0.271 e. The molecule has 26 heavy (non-hydrogen) atoms. The number of nitrogens with zero attached hydrogens (tertiary/aromatic N) is 5. The number of benzene rings is 1. The highest BCUT2D eigenvalue weighted by atomic mass is 16.5. The number of methoxy groups -OCH3 is 1. The Labute approximate surface area is 151 Å². The van der Waals surface area contributed by atoms with Crippen molar-refractivity contribution in [2.45, 2.75) is 6.54 Å². The van der Waals surface area contributed by atoms with Crippen LogP contribution >= 0.6 is 0 Å². The summed E-state index contributed by atoms with van der Waals surface area (Å²) in [5.74, 6) is 1.95. The summed E-state index contributed by atoms with van der Waals surface area (Å²) in [7, 11) is 5.42. The lowest BCUT2D eigenvalue weighted by Crippen LogP contribution is -2.23. The van der Waals surface area contributed by atoms with Crippen LogP contribution in [0, 0.1) is 0 Å². The Morgan fingerprint density at radius 3 is 2.65 bits per heavy atom. The zero-order valence-corrected chi connectivity index (χ0v) is 14.9. The lowest BCUT2D eigenvalue weighted by molar-refractivity contribution is 0.0946. The normalized spacial score (nSPS) is 10.4. The number of anilines is 1. The van der Waals surface area contributed by atoms with Gasteiger partial charge in [-0.05, 0) is 17.7 Å². The topological polar surface area (TPSA) is 85.2 Å². The molecule has 0 atom stereocenters. The van der Waals surface area contributed by atoms with Crippen LogP contribution in [-0.4, -0.2) is 46.6 Å². The third-order valence-electron chi connectivity index (χ3n) is 3.79. The number of hydrogen-bond acceptors (Lipinski definition) is 6. The maximum atomic E-state index is 12.3. The van der Waals surface area contributed by atoms with Gasteiger partial charge >= 0.3 is 0 Å². The first kappa shape index (κ1) is 17.4. The van der Waals surface area contributed by atoms with Gasteiger partial charge in [0.25, 0.3) is 5.91 Å². The molecule has 0 bridgehead atoms. The number of carbonyl (C=O) groups is 1. The average molecular weight is 352 g/mol. The van der Waals surface area contributed by atoms with Crippen LogP contribution in [-0.2, 0) is 6.54 Å². The third kappa shape index (κ3) is 3.97. The van der Waals surface area contributed by atoms with Gasteiger partial charge in [0.2, 0.25) is 0 Å². The Kier molecular flexibility index (Phi) is 5.12. The number of nitrogens with one attached hydrogen (secondary N) is 1. The standard InChI is InChI=1S/C18H20N6O2/c1-23(2)16-8-17(21-11-20-16)24-10-15(22-12-24)18(25)19-9-13-4-6-14(26-3)7-5-13/h4-8,10-12H,9H2,1-3H3,(H,19,25). The van der Waals surface area contributed by atoms with E-state index in [1.165, 1.54) is 6.33 Å². The second-order valence-electron chi connectivity index (χ2n) is 5.83. The van der Waals surface area contributed by atoms with Crippen molar-refractivity contribution < 1.29 is 9.53 Å². The van der Waals surface area contributed by atoms with Gasteiger partial charge in [0.1, 0.15) is 35.7 Å². The van der Waals surface area contributed by atoms with Gasteiger partial charge in [0.15, 0.2) is 0 Å². The summed E-state index contributed by atoms with van der Waals surface area (Å²) in [6.07, 6.45) is 4.68. The van der Waals surface area contributed by atoms with E-state index in [0.29, 0.717) is 18.1 Å². The summed E-state index contributed by atoms with van der Waals surface area (Å²) in [5.41, 5.74) is 1.30. The zero-order chi connectivity index (χ0) is 18.5. The first-order chi connectivity index (χ1) is 12.6. The number of ether oxygens (including phenoxy) is 1. The van der Waals surface area contributed by atoms with Gasteiger partial charge in [-0.15, -0.1) is 0 Å². The van der Waals surface area contributed by atoms with Crippen LogP contribution in [0.4, 0.5) is 5.82 Å². The maximum absolute atomic E-state index is 12.3. The van der Waals surface area contributed by atoms with E-state index >= 15 is 0 Å². The Morgan fingerprint density at radius 2 is 1.96 bits per heavy atom. The molecule has 2 heterocycles. The van der Waals surface area contributed by atoms with E-state index in [0.717, 1.165) is 17.1 Å². The van der Waals surface area contributed by atoms with Gasteiger partial charge in [0, 0.05) is 32.9 Å². The van der Waals surface area contributed by atoms with Gasteiger partial charge in [-0.25, -0.2) is 15.0 Å². The van der Waals surface area contributed by atoms with Crippen LogP contribution in [0.25, 0.3) is 5.82 Å². The van der Waals surface area contributed by atoms with Crippen LogP contribution in [0.2, 0.25) is 0 Å². The Balaban J connectivity index is 1.66. The van der Waals surface area contributed by atoms with E-state index in [2.05, 4.69) is 20.3 Å². The molecule has 3 rings (SSSR count). The molecular formula is C18H20N6O2. The van der Waals surface area contributed by atoms with Gasteiger partial charge in [-0.1, -0.05) is 12.1 Å². The van der Waals surface area contributed by atoms with Crippen molar-refractivity contribution in [1.82, 2.24) is 24.8 Å². The summed E-state index contributed by atoms with van der Waals surface area (Å²) in [4.78, 5) is 26.7. The molecule has 0 fully saturated rings. The summed E-state index contributed by atoms with van der Waals surface area (Å²) in [6.45, 7) is 0.411. The Bertz CT molecular complexity index is 889. The minimum absolute atomic E-state index is 0.249. The van der Waals surface area contributed by atoms with Gasteiger partial charge in [0.05, 0.1) is 7.11 Å². The predicted molar refractivity (Wildman–Crippen MR) is 97.6 cm³/mol. The molecule has 8 heteroatoms. The minimum Gasteiger partial charge on any atom is -0.497 e. The predicted octanol–water partition coefficient (Wildman–Crippen LogP) is 1.67. The van der Waals surface area contributed by atoms with Crippen LogP contribution in [0.15, 0.2) is 49.2 Å². The molecule has 0 spiro atoms. The summed E-state index contributed by atoms with van der Waals surface area (Å²) in [6, 6.07) is 9.34. The first-order valence-electron chi connectivity index (χ1n) is 8.01. The molecule has 0 radical (unpaired) electrons. The monoisotopic (exact) mass is 352 g/mol. The molecule has 134 valence electrons. The molecule has 0 saturated carbocycles. The second-order valence-corrected chi connectivity index (χ2v) is 5.83. The molecule has 0 aliphatic heterocycles. The number of carbonyl (C=O) groups excluding carboxylic acids is 1. The molecule has 1 amide bonds. The fraction of sp³-hybridized carbons (Fsp3) is 0.222.